The predicted octanol–water partition coefficient (Wildman–Crippen LogP) is -0.142. The van der Waals surface area contributed by atoms with E-state index in [0.29, 0.717) is 13.2 Å². The SMILES string of the molecule is Cl.NCCOCCC(=O)O. The summed E-state index contributed by atoms with van der Waals surface area (Å²) in [6.45, 7) is 1.14. The lowest BCUT2D eigenvalue weighted by molar-refractivity contribution is -0.138. The molecule has 0 aliphatic carbocycles. The van der Waals surface area contributed by atoms with Crippen molar-refractivity contribution in [2.75, 3.05) is 19.8 Å². The van der Waals surface area contributed by atoms with Gasteiger partial charge in [-0.2, -0.15) is 0 Å². The van der Waals surface area contributed by atoms with E-state index < -0.39 is 5.97 Å². The first-order chi connectivity index (χ1) is 4.27. The van der Waals surface area contributed by atoms with Crippen LogP contribution in [0.4, 0.5) is 0 Å². The highest BCUT2D eigenvalue weighted by Crippen LogP contribution is 1.80. The van der Waals surface area contributed by atoms with E-state index in [4.69, 9.17) is 15.6 Å². The fourth-order valence-electron chi connectivity index (χ4n) is 0.345. The Morgan fingerprint density at radius 3 is 2.50 bits per heavy atom. The molecule has 62 valence electrons. The minimum Gasteiger partial charge on any atom is -0.481 e. The van der Waals surface area contributed by atoms with Crippen molar-refractivity contribution in [2.45, 2.75) is 6.42 Å². The first kappa shape index (κ1) is 12.4. The number of nitrogens with two attached hydrogens (primary N) is 1. The fourth-order valence-corrected chi connectivity index (χ4v) is 0.345. The molecular weight excluding hydrogens is 158 g/mol. The zero-order valence-electron chi connectivity index (χ0n) is 5.58. The van der Waals surface area contributed by atoms with E-state index in [0.717, 1.165) is 0 Å². The fraction of sp³-hybridized carbons (Fsp3) is 0.800. The van der Waals surface area contributed by atoms with Crippen molar-refractivity contribution in [3.05, 3.63) is 0 Å². The van der Waals surface area contributed by atoms with Crippen LogP contribution in [0.2, 0.25) is 0 Å². The van der Waals surface area contributed by atoms with Crippen LogP contribution in [0.5, 0.6) is 0 Å². The molecule has 4 nitrogen and oxygen atoms in total. The highest BCUT2D eigenvalue weighted by Gasteiger charge is 1.93. The van der Waals surface area contributed by atoms with Gasteiger partial charge in [-0.1, -0.05) is 0 Å². The van der Waals surface area contributed by atoms with Gasteiger partial charge in [0, 0.05) is 6.54 Å². The number of hydrogen-bond donors (Lipinski definition) is 2. The van der Waals surface area contributed by atoms with E-state index in [1.165, 1.54) is 0 Å². The Kier molecular flexibility index (Phi) is 10.7. The molecule has 0 fully saturated rings. The largest absolute Gasteiger partial charge is 0.481 e. The Morgan fingerprint density at radius 2 is 2.10 bits per heavy atom. The van der Waals surface area contributed by atoms with Crippen LogP contribution in [0.1, 0.15) is 6.42 Å². The van der Waals surface area contributed by atoms with Gasteiger partial charge >= 0.3 is 5.97 Å². The van der Waals surface area contributed by atoms with Crippen LogP contribution in [-0.2, 0) is 9.53 Å². The van der Waals surface area contributed by atoms with Crippen molar-refractivity contribution in [2.24, 2.45) is 5.73 Å². The summed E-state index contributed by atoms with van der Waals surface area (Å²) in [5, 5.41) is 8.10. The molecule has 0 atom stereocenters. The summed E-state index contributed by atoms with van der Waals surface area (Å²) < 4.78 is 4.79. The molecular formula is C5H12ClNO3. The lowest BCUT2D eigenvalue weighted by atomic mass is 10.5. The summed E-state index contributed by atoms with van der Waals surface area (Å²) >= 11 is 0. The van der Waals surface area contributed by atoms with E-state index in [-0.39, 0.29) is 25.4 Å². The van der Waals surface area contributed by atoms with Gasteiger partial charge in [0.05, 0.1) is 19.6 Å². The number of carboxylic acid groups (broad SMARTS) is 1. The van der Waals surface area contributed by atoms with Gasteiger partial charge in [0.15, 0.2) is 0 Å². The van der Waals surface area contributed by atoms with Crippen molar-refractivity contribution in [1.29, 1.82) is 0 Å². The smallest absolute Gasteiger partial charge is 0.305 e. The molecule has 0 spiro atoms. The molecule has 10 heavy (non-hydrogen) atoms. The van der Waals surface area contributed by atoms with Crippen molar-refractivity contribution in [3.8, 4) is 0 Å². The molecule has 0 aliphatic rings. The lowest BCUT2D eigenvalue weighted by Crippen LogP contribution is -2.10. The first-order valence-corrected chi connectivity index (χ1v) is 2.77. The number of halogens is 1. The number of hydrogen-bond acceptors (Lipinski definition) is 3. The zero-order valence-corrected chi connectivity index (χ0v) is 6.39. The van der Waals surface area contributed by atoms with Crippen molar-refractivity contribution < 1.29 is 14.6 Å². The molecule has 0 amide bonds. The van der Waals surface area contributed by atoms with E-state index in [9.17, 15) is 4.79 Å². The van der Waals surface area contributed by atoms with Gasteiger partial charge in [-0.3, -0.25) is 4.79 Å². The summed E-state index contributed by atoms with van der Waals surface area (Å²) in [7, 11) is 0. The quantitative estimate of drug-likeness (QED) is 0.562. The van der Waals surface area contributed by atoms with Crippen molar-refractivity contribution in [3.63, 3.8) is 0 Å². The summed E-state index contributed by atoms with van der Waals surface area (Å²) in [6.07, 6.45) is 0.0556. The Bertz CT molecular complexity index is 89.0. The van der Waals surface area contributed by atoms with Crippen LogP contribution in [0, 0.1) is 0 Å². The average Bonchev–Trinajstić information content (AvgIpc) is 1.80. The second-order valence-electron chi connectivity index (χ2n) is 1.54. The Labute approximate surface area is 65.8 Å². The van der Waals surface area contributed by atoms with Crippen LogP contribution < -0.4 is 5.73 Å². The average molecular weight is 170 g/mol. The number of aliphatic carboxylic acids is 1. The maximum absolute atomic E-state index is 9.85. The summed E-state index contributed by atoms with van der Waals surface area (Å²) in [5.74, 6) is -0.841. The second-order valence-corrected chi connectivity index (χ2v) is 1.54. The van der Waals surface area contributed by atoms with Gasteiger partial charge in [0.2, 0.25) is 0 Å². The number of rotatable bonds is 5. The summed E-state index contributed by atoms with van der Waals surface area (Å²) in [5.41, 5.74) is 5.07. The van der Waals surface area contributed by atoms with E-state index in [1.807, 2.05) is 0 Å². The van der Waals surface area contributed by atoms with Gasteiger partial charge in [-0.05, 0) is 0 Å². The van der Waals surface area contributed by atoms with Crippen LogP contribution in [0.25, 0.3) is 0 Å². The molecule has 0 bridgehead atoms. The summed E-state index contributed by atoms with van der Waals surface area (Å²) in [4.78, 5) is 9.85. The Balaban J connectivity index is 0. The molecule has 0 aromatic carbocycles. The lowest BCUT2D eigenvalue weighted by Gasteiger charge is -1.96. The number of carboxylic acids is 1. The number of ether oxygens (including phenoxy) is 1. The van der Waals surface area contributed by atoms with Gasteiger partial charge < -0.3 is 15.6 Å². The highest BCUT2D eigenvalue weighted by molar-refractivity contribution is 5.85. The van der Waals surface area contributed by atoms with Gasteiger partial charge in [0.25, 0.3) is 0 Å². The van der Waals surface area contributed by atoms with E-state index >= 15 is 0 Å². The zero-order chi connectivity index (χ0) is 7.11. The third-order valence-corrected chi connectivity index (χ3v) is 0.722. The van der Waals surface area contributed by atoms with Crippen molar-refractivity contribution in [1.82, 2.24) is 0 Å². The minimum atomic E-state index is -0.841. The molecule has 0 saturated heterocycles. The van der Waals surface area contributed by atoms with Crippen LogP contribution >= 0.6 is 12.4 Å². The molecule has 0 rings (SSSR count). The molecule has 0 heterocycles. The van der Waals surface area contributed by atoms with Crippen LogP contribution in [0.15, 0.2) is 0 Å². The molecule has 0 unspecified atom stereocenters. The van der Waals surface area contributed by atoms with Crippen LogP contribution in [-0.4, -0.2) is 30.8 Å². The van der Waals surface area contributed by atoms with Crippen LogP contribution in [0.3, 0.4) is 0 Å². The minimum absolute atomic E-state index is 0. The van der Waals surface area contributed by atoms with Gasteiger partial charge in [-0.15, -0.1) is 12.4 Å². The monoisotopic (exact) mass is 169 g/mol. The maximum Gasteiger partial charge on any atom is 0.305 e. The van der Waals surface area contributed by atoms with Gasteiger partial charge in [0.1, 0.15) is 0 Å². The molecule has 3 N–H and O–H groups in total. The Hall–Kier alpha value is -0.320. The van der Waals surface area contributed by atoms with Gasteiger partial charge in [-0.25, -0.2) is 0 Å². The third-order valence-electron chi connectivity index (χ3n) is 0.722. The molecule has 0 aliphatic heterocycles. The predicted molar refractivity (Wildman–Crippen MR) is 39.4 cm³/mol. The molecule has 0 aromatic heterocycles. The normalized spacial score (nSPS) is 8.50. The third kappa shape index (κ3) is 10.6. The summed E-state index contributed by atoms with van der Waals surface area (Å²) in [6, 6.07) is 0. The van der Waals surface area contributed by atoms with E-state index in [2.05, 4.69) is 0 Å². The maximum atomic E-state index is 9.85. The van der Waals surface area contributed by atoms with E-state index in [1.54, 1.807) is 0 Å². The molecule has 0 radical (unpaired) electrons. The highest BCUT2D eigenvalue weighted by atomic mass is 35.5. The standard InChI is InChI=1S/C5H11NO3.ClH/c6-2-4-9-3-1-5(7)8;/h1-4,6H2,(H,7,8);1H. The number of carbonyl (C=O) groups is 1. The molecule has 0 saturated carbocycles. The second kappa shape index (κ2) is 8.68. The molecule has 5 heteroatoms. The Morgan fingerprint density at radius 1 is 1.50 bits per heavy atom. The topological polar surface area (TPSA) is 72.5 Å². The molecule has 0 aromatic rings. The van der Waals surface area contributed by atoms with Crippen molar-refractivity contribution >= 4 is 18.4 Å². The first-order valence-electron chi connectivity index (χ1n) is 2.77.